The lowest BCUT2D eigenvalue weighted by Gasteiger charge is -2.29. The van der Waals surface area contributed by atoms with Crippen molar-refractivity contribution in [2.24, 2.45) is 0 Å². The molecule has 3 rings (SSSR count). The van der Waals surface area contributed by atoms with Crippen molar-refractivity contribution in [2.45, 2.75) is 26.7 Å². The van der Waals surface area contributed by atoms with E-state index in [0.29, 0.717) is 10.0 Å². The summed E-state index contributed by atoms with van der Waals surface area (Å²) in [6.45, 7) is 4.67. The van der Waals surface area contributed by atoms with Crippen LogP contribution in [0.25, 0.3) is 0 Å². The van der Waals surface area contributed by atoms with Crippen LogP contribution in [0.5, 0.6) is 0 Å². The van der Waals surface area contributed by atoms with Crippen LogP contribution in [0, 0.1) is 13.8 Å². The van der Waals surface area contributed by atoms with E-state index in [2.05, 4.69) is 24.0 Å². The first kappa shape index (κ1) is 13.1. The second kappa shape index (κ2) is 4.90. The highest BCUT2D eigenvalue weighted by Crippen LogP contribution is 2.31. The Morgan fingerprint density at radius 2 is 2.20 bits per heavy atom. The lowest BCUT2D eigenvalue weighted by molar-refractivity contribution is 0.0988. The number of fused-ring (bicyclic) bond motifs is 1. The maximum absolute atomic E-state index is 12.7. The van der Waals surface area contributed by atoms with Gasteiger partial charge in [0.25, 0.3) is 5.91 Å². The van der Waals surface area contributed by atoms with E-state index >= 15 is 0 Å². The molecule has 0 fully saturated rings. The molecular formula is C15H17N3OS. The Balaban J connectivity index is 2.00. The number of benzene rings is 1. The Labute approximate surface area is 122 Å². The largest absolute Gasteiger partial charge is 0.375 e. The molecule has 0 bridgehead atoms. The summed E-state index contributed by atoms with van der Waals surface area (Å²) in [5.41, 5.74) is 9.93. The Morgan fingerprint density at radius 3 is 2.90 bits per heavy atom. The molecule has 4 nitrogen and oxygen atoms in total. The molecule has 20 heavy (non-hydrogen) atoms. The first-order valence-corrected chi connectivity index (χ1v) is 7.52. The number of aryl methyl sites for hydroxylation is 3. The van der Waals surface area contributed by atoms with Gasteiger partial charge >= 0.3 is 0 Å². The molecule has 0 unspecified atom stereocenters. The van der Waals surface area contributed by atoms with Crippen molar-refractivity contribution in [1.29, 1.82) is 0 Å². The molecule has 2 heterocycles. The van der Waals surface area contributed by atoms with Crippen molar-refractivity contribution in [3.63, 3.8) is 0 Å². The summed E-state index contributed by atoms with van der Waals surface area (Å²) < 4.78 is 0. The van der Waals surface area contributed by atoms with Crippen LogP contribution in [-0.4, -0.2) is 17.4 Å². The highest BCUT2D eigenvalue weighted by atomic mass is 32.1. The van der Waals surface area contributed by atoms with E-state index in [9.17, 15) is 4.79 Å². The molecule has 0 saturated heterocycles. The van der Waals surface area contributed by atoms with Gasteiger partial charge in [-0.3, -0.25) is 4.79 Å². The molecule has 0 saturated carbocycles. The molecule has 1 aromatic heterocycles. The average molecular weight is 287 g/mol. The molecule has 104 valence electrons. The van der Waals surface area contributed by atoms with E-state index in [1.807, 2.05) is 17.9 Å². The van der Waals surface area contributed by atoms with Gasteiger partial charge in [0.15, 0.2) is 5.13 Å². The van der Waals surface area contributed by atoms with Gasteiger partial charge in [-0.1, -0.05) is 29.0 Å². The van der Waals surface area contributed by atoms with Gasteiger partial charge in [-0.25, -0.2) is 4.98 Å². The van der Waals surface area contributed by atoms with Gasteiger partial charge in [0, 0.05) is 12.2 Å². The quantitative estimate of drug-likeness (QED) is 0.877. The summed E-state index contributed by atoms with van der Waals surface area (Å²) in [6, 6.07) is 6.27. The number of hydrogen-bond donors (Lipinski definition) is 1. The minimum absolute atomic E-state index is 0.0153. The molecule has 1 aliphatic heterocycles. The molecule has 1 amide bonds. The number of nitrogens with two attached hydrogens (primary N) is 1. The van der Waals surface area contributed by atoms with Gasteiger partial charge < -0.3 is 10.6 Å². The van der Waals surface area contributed by atoms with Crippen LogP contribution in [-0.2, 0) is 6.42 Å². The van der Waals surface area contributed by atoms with Crippen LogP contribution < -0.4 is 10.6 Å². The molecule has 0 spiro atoms. The Morgan fingerprint density at radius 1 is 1.40 bits per heavy atom. The van der Waals surface area contributed by atoms with E-state index in [1.165, 1.54) is 22.5 Å². The van der Waals surface area contributed by atoms with Crippen molar-refractivity contribution in [3.05, 3.63) is 39.9 Å². The Bertz CT molecular complexity index is 678. The maximum atomic E-state index is 12.7. The molecule has 2 N–H and O–H groups in total. The van der Waals surface area contributed by atoms with Crippen LogP contribution in [0.2, 0.25) is 0 Å². The standard InChI is InChI=1S/C15H17N3OS/c1-9-5-6-12-11(8-9)4-3-7-18(12)14(19)13-10(2)17-15(16)20-13/h5-6,8H,3-4,7H2,1-2H3,(H2,16,17). The van der Waals surface area contributed by atoms with Gasteiger partial charge in [-0.05, 0) is 38.3 Å². The first-order chi connectivity index (χ1) is 9.56. The van der Waals surface area contributed by atoms with Crippen LogP contribution in [0.4, 0.5) is 10.8 Å². The zero-order valence-corrected chi connectivity index (χ0v) is 12.5. The fourth-order valence-electron chi connectivity index (χ4n) is 2.68. The molecule has 1 aliphatic rings. The molecule has 0 radical (unpaired) electrons. The van der Waals surface area contributed by atoms with Crippen LogP contribution in [0.3, 0.4) is 0 Å². The van der Waals surface area contributed by atoms with E-state index in [4.69, 9.17) is 5.73 Å². The maximum Gasteiger partial charge on any atom is 0.270 e. The predicted octanol–water partition coefficient (Wildman–Crippen LogP) is 2.94. The molecular weight excluding hydrogens is 270 g/mol. The van der Waals surface area contributed by atoms with E-state index in [-0.39, 0.29) is 5.91 Å². The highest BCUT2D eigenvalue weighted by molar-refractivity contribution is 7.17. The smallest absolute Gasteiger partial charge is 0.270 e. The van der Waals surface area contributed by atoms with Gasteiger partial charge in [0.2, 0.25) is 0 Å². The highest BCUT2D eigenvalue weighted by Gasteiger charge is 2.26. The SMILES string of the molecule is Cc1ccc2c(c1)CCCN2C(=O)c1sc(N)nc1C. The number of aromatic nitrogens is 1. The number of thiazole rings is 1. The molecule has 2 aromatic rings. The molecule has 0 aliphatic carbocycles. The molecule has 0 atom stereocenters. The predicted molar refractivity (Wildman–Crippen MR) is 82.4 cm³/mol. The number of carbonyl (C=O) groups excluding carboxylic acids is 1. The van der Waals surface area contributed by atoms with Gasteiger partial charge in [-0.2, -0.15) is 0 Å². The zero-order valence-electron chi connectivity index (χ0n) is 11.6. The summed E-state index contributed by atoms with van der Waals surface area (Å²) in [4.78, 5) is 19.4. The second-order valence-corrected chi connectivity index (χ2v) is 6.19. The fraction of sp³-hybridized carbons (Fsp3) is 0.333. The van der Waals surface area contributed by atoms with E-state index in [1.54, 1.807) is 0 Å². The van der Waals surface area contributed by atoms with Crippen molar-refractivity contribution < 1.29 is 4.79 Å². The van der Waals surface area contributed by atoms with Crippen LogP contribution in [0.1, 0.15) is 32.9 Å². The number of carbonyl (C=O) groups is 1. The first-order valence-electron chi connectivity index (χ1n) is 6.70. The number of hydrogen-bond acceptors (Lipinski definition) is 4. The van der Waals surface area contributed by atoms with Gasteiger partial charge in [-0.15, -0.1) is 0 Å². The monoisotopic (exact) mass is 287 g/mol. The second-order valence-electron chi connectivity index (χ2n) is 5.16. The summed E-state index contributed by atoms with van der Waals surface area (Å²) in [6.07, 6.45) is 2.03. The third-order valence-electron chi connectivity index (χ3n) is 3.61. The van der Waals surface area contributed by atoms with E-state index < -0.39 is 0 Å². The lowest BCUT2D eigenvalue weighted by Crippen LogP contribution is -2.35. The van der Waals surface area contributed by atoms with Crippen LogP contribution >= 0.6 is 11.3 Å². The van der Waals surface area contributed by atoms with Crippen molar-refractivity contribution in [1.82, 2.24) is 4.98 Å². The number of rotatable bonds is 1. The van der Waals surface area contributed by atoms with Crippen molar-refractivity contribution in [3.8, 4) is 0 Å². The molecule has 1 aromatic carbocycles. The topological polar surface area (TPSA) is 59.2 Å². The summed E-state index contributed by atoms with van der Waals surface area (Å²) in [5.74, 6) is 0.0153. The van der Waals surface area contributed by atoms with Crippen molar-refractivity contribution >= 4 is 28.1 Å². The van der Waals surface area contributed by atoms with Gasteiger partial charge in [0.05, 0.1) is 5.69 Å². The third kappa shape index (κ3) is 2.18. The van der Waals surface area contributed by atoms with Crippen molar-refractivity contribution in [2.75, 3.05) is 17.2 Å². The van der Waals surface area contributed by atoms with Crippen LogP contribution in [0.15, 0.2) is 18.2 Å². The average Bonchev–Trinajstić information content (AvgIpc) is 2.76. The summed E-state index contributed by atoms with van der Waals surface area (Å²) in [5, 5.41) is 0.451. The zero-order chi connectivity index (χ0) is 14.3. The summed E-state index contributed by atoms with van der Waals surface area (Å²) in [7, 11) is 0. The number of nitrogens with zero attached hydrogens (tertiary/aromatic N) is 2. The number of nitrogen functional groups attached to an aromatic ring is 1. The van der Waals surface area contributed by atoms with Gasteiger partial charge in [0.1, 0.15) is 4.88 Å². The minimum Gasteiger partial charge on any atom is -0.375 e. The number of amides is 1. The fourth-order valence-corrected chi connectivity index (χ4v) is 3.46. The Hall–Kier alpha value is -1.88. The lowest BCUT2D eigenvalue weighted by atomic mass is 9.99. The van der Waals surface area contributed by atoms with E-state index in [0.717, 1.165) is 30.8 Å². The summed E-state index contributed by atoms with van der Waals surface area (Å²) >= 11 is 1.27. The normalized spacial score (nSPS) is 14.2. The molecule has 5 heteroatoms. The Kier molecular flexibility index (Phi) is 3.22. The number of anilines is 2. The third-order valence-corrected chi connectivity index (χ3v) is 4.58. The minimum atomic E-state index is 0.0153.